The van der Waals surface area contributed by atoms with E-state index in [2.05, 4.69) is 34.0 Å². The Morgan fingerprint density at radius 2 is 2.00 bits per heavy atom. The summed E-state index contributed by atoms with van der Waals surface area (Å²) < 4.78 is 11.5. The number of nitrogens with zero attached hydrogens (tertiary/aromatic N) is 3. The number of aromatic nitrogens is 2. The highest BCUT2D eigenvalue weighted by Gasteiger charge is 2.23. The number of hydrogen-bond donors (Lipinski definition) is 1. The molecule has 2 aromatic heterocycles. The third kappa shape index (κ3) is 6.10. The van der Waals surface area contributed by atoms with E-state index >= 15 is 0 Å². The van der Waals surface area contributed by atoms with Crippen molar-refractivity contribution in [1.82, 2.24) is 14.9 Å². The largest absolute Gasteiger partial charge is 0.473 e. The van der Waals surface area contributed by atoms with Gasteiger partial charge in [0, 0.05) is 42.8 Å². The average molecular weight is 439 g/mol. The third-order valence-corrected chi connectivity index (χ3v) is 5.69. The highest BCUT2D eigenvalue weighted by Crippen LogP contribution is 2.20. The lowest BCUT2D eigenvalue weighted by Gasteiger charge is -2.34. The predicted octanol–water partition coefficient (Wildman–Crippen LogP) is 3.98. The Morgan fingerprint density at radius 3 is 2.77 bits per heavy atom. The van der Waals surface area contributed by atoms with E-state index < -0.39 is 0 Å². The van der Waals surface area contributed by atoms with Gasteiger partial charge in [0.15, 0.2) is 5.13 Å². The number of anilines is 1. The maximum absolute atomic E-state index is 12.7. The summed E-state index contributed by atoms with van der Waals surface area (Å²) in [5.41, 5.74) is 2.47. The fraction of sp³-hybridized carbons (Fsp3) is 0.348. The Hall–Kier alpha value is -2.81. The number of rotatable bonds is 7. The van der Waals surface area contributed by atoms with Crippen LogP contribution < -0.4 is 10.1 Å². The van der Waals surface area contributed by atoms with Crippen molar-refractivity contribution in [2.75, 3.05) is 18.4 Å². The van der Waals surface area contributed by atoms with Gasteiger partial charge in [-0.15, -0.1) is 11.3 Å². The van der Waals surface area contributed by atoms with E-state index in [-0.39, 0.29) is 18.1 Å². The number of benzene rings is 1. The van der Waals surface area contributed by atoms with Gasteiger partial charge in [0.1, 0.15) is 6.61 Å². The second-order valence-corrected chi connectivity index (χ2v) is 8.56. The highest BCUT2D eigenvalue weighted by molar-refractivity contribution is 7.13. The van der Waals surface area contributed by atoms with Gasteiger partial charge in [-0.1, -0.05) is 30.3 Å². The van der Waals surface area contributed by atoms with Crippen LogP contribution in [0.15, 0.2) is 54.0 Å². The van der Waals surface area contributed by atoms with Crippen molar-refractivity contribution in [3.8, 4) is 5.88 Å². The van der Waals surface area contributed by atoms with Crippen LogP contribution in [0.4, 0.5) is 5.13 Å². The molecule has 1 aliphatic rings. The molecule has 7 nitrogen and oxygen atoms in total. The first-order valence-corrected chi connectivity index (χ1v) is 11.2. The van der Waals surface area contributed by atoms with Crippen LogP contribution in [0.5, 0.6) is 5.88 Å². The number of ether oxygens (including phenoxy) is 2. The molecule has 0 bridgehead atoms. The number of amides is 1. The molecule has 1 amide bonds. The molecule has 0 radical (unpaired) electrons. The second-order valence-electron chi connectivity index (χ2n) is 7.71. The minimum atomic E-state index is -0.235. The number of nitrogens with one attached hydrogen (secondary N) is 1. The van der Waals surface area contributed by atoms with Gasteiger partial charge in [0.05, 0.1) is 17.9 Å². The van der Waals surface area contributed by atoms with Gasteiger partial charge in [-0.25, -0.2) is 9.97 Å². The summed E-state index contributed by atoms with van der Waals surface area (Å²) in [6, 6.07) is 13.1. The van der Waals surface area contributed by atoms with Crippen LogP contribution in [-0.2, 0) is 17.9 Å². The van der Waals surface area contributed by atoms with Crippen molar-refractivity contribution < 1.29 is 14.3 Å². The maximum atomic E-state index is 12.7. The fourth-order valence-corrected chi connectivity index (χ4v) is 4.31. The van der Waals surface area contributed by atoms with Crippen molar-refractivity contribution >= 4 is 22.4 Å². The minimum absolute atomic E-state index is 0.214. The van der Waals surface area contributed by atoms with Crippen molar-refractivity contribution in [2.45, 2.75) is 39.2 Å². The van der Waals surface area contributed by atoms with Crippen LogP contribution in [-0.4, -0.2) is 46.1 Å². The van der Waals surface area contributed by atoms with Crippen LogP contribution in [0, 0.1) is 0 Å². The molecule has 0 spiro atoms. The van der Waals surface area contributed by atoms with Crippen LogP contribution in [0.1, 0.15) is 35.5 Å². The molecular weight excluding hydrogens is 412 g/mol. The Kier molecular flexibility index (Phi) is 6.91. The van der Waals surface area contributed by atoms with E-state index in [1.54, 1.807) is 18.3 Å². The van der Waals surface area contributed by atoms with Crippen molar-refractivity contribution in [1.29, 1.82) is 0 Å². The second kappa shape index (κ2) is 10.00. The molecule has 0 saturated carbocycles. The van der Waals surface area contributed by atoms with Gasteiger partial charge < -0.3 is 9.47 Å². The zero-order valence-corrected chi connectivity index (χ0v) is 18.5. The highest BCUT2D eigenvalue weighted by atomic mass is 32.1. The van der Waals surface area contributed by atoms with E-state index in [1.165, 1.54) is 11.3 Å². The Balaban J connectivity index is 1.33. The summed E-state index contributed by atoms with van der Waals surface area (Å²) in [4.78, 5) is 23.8. The molecule has 1 N–H and O–H groups in total. The first-order valence-electron chi connectivity index (χ1n) is 10.3. The predicted molar refractivity (Wildman–Crippen MR) is 120 cm³/mol. The first kappa shape index (κ1) is 21.4. The summed E-state index contributed by atoms with van der Waals surface area (Å²) >= 11 is 1.43. The van der Waals surface area contributed by atoms with Gasteiger partial charge in [-0.05, 0) is 25.5 Å². The molecule has 0 aliphatic carbocycles. The molecule has 31 heavy (non-hydrogen) atoms. The third-order valence-electron chi connectivity index (χ3n) is 4.88. The zero-order chi connectivity index (χ0) is 21.6. The van der Waals surface area contributed by atoms with Crippen LogP contribution in [0.3, 0.4) is 0 Å². The van der Waals surface area contributed by atoms with E-state index in [4.69, 9.17) is 9.47 Å². The summed E-state index contributed by atoms with van der Waals surface area (Å²) in [5.74, 6) is 0.174. The molecule has 3 aromatic rings. The maximum Gasteiger partial charge on any atom is 0.257 e. The molecule has 1 fully saturated rings. The Labute approximate surface area is 186 Å². The van der Waals surface area contributed by atoms with Crippen LogP contribution in [0.25, 0.3) is 0 Å². The van der Waals surface area contributed by atoms with Gasteiger partial charge >= 0.3 is 0 Å². The molecule has 2 unspecified atom stereocenters. The average Bonchev–Trinajstić information content (AvgIpc) is 3.19. The summed E-state index contributed by atoms with van der Waals surface area (Å²) in [7, 11) is 0. The standard InChI is InChI=1S/C23H26N4O3S/c1-16-11-27(12-17(2)30-16)13-20-15-31-23(25-20)26-22(28)19-8-9-24-21(10-19)29-14-18-6-4-3-5-7-18/h3-10,15-17H,11-14H2,1-2H3,(H,25,26,28). The van der Waals surface area contributed by atoms with Gasteiger partial charge in [-0.2, -0.15) is 0 Å². The van der Waals surface area contributed by atoms with Crippen LogP contribution in [0.2, 0.25) is 0 Å². The van der Waals surface area contributed by atoms with Gasteiger partial charge in [0.25, 0.3) is 5.91 Å². The Bertz CT molecular complexity index is 1000. The lowest BCUT2D eigenvalue weighted by Crippen LogP contribution is -2.44. The number of hydrogen-bond acceptors (Lipinski definition) is 7. The summed E-state index contributed by atoms with van der Waals surface area (Å²) in [6.45, 7) is 7.08. The fourth-order valence-electron chi connectivity index (χ4n) is 3.61. The number of carbonyl (C=O) groups is 1. The molecule has 1 aromatic carbocycles. The molecule has 162 valence electrons. The lowest BCUT2D eigenvalue weighted by atomic mass is 10.2. The lowest BCUT2D eigenvalue weighted by molar-refractivity contribution is -0.0707. The van der Waals surface area contributed by atoms with E-state index in [9.17, 15) is 4.79 Å². The monoisotopic (exact) mass is 438 g/mol. The van der Waals surface area contributed by atoms with E-state index in [1.807, 2.05) is 35.7 Å². The number of morpholine rings is 1. The molecule has 2 atom stereocenters. The van der Waals surface area contributed by atoms with Gasteiger partial charge in [-0.3, -0.25) is 15.0 Å². The molecule has 3 heterocycles. The smallest absolute Gasteiger partial charge is 0.257 e. The number of pyridine rings is 1. The zero-order valence-electron chi connectivity index (χ0n) is 17.7. The van der Waals surface area contributed by atoms with Crippen molar-refractivity contribution in [3.05, 3.63) is 70.9 Å². The van der Waals surface area contributed by atoms with E-state index in [0.29, 0.717) is 23.2 Å². The summed E-state index contributed by atoms with van der Waals surface area (Å²) in [5, 5.41) is 5.45. The minimum Gasteiger partial charge on any atom is -0.473 e. The van der Waals surface area contributed by atoms with Crippen molar-refractivity contribution in [3.63, 3.8) is 0 Å². The first-order chi connectivity index (χ1) is 15.0. The van der Waals surface area contributed by atoms with E-state index in [0.717, 1.165) is 30.9 Å². The molecule has 8 heteroatoms. The summed E-state index contributed by atoms with van der Waals surface area (Å²) in [6.07, 6.45) is 2.00. The topological polar surface area (TPSA) is 76.6 Å². The normalized spacial score (nSPS) is 19.2. The van der Waals surface area contributed by atoms with Gasteiger partial charge in [0.2, 0.25) is 5.88 Å². The SMILES string of the molecule is CC1CN(Cc2csc(NC(=O)c3ccnc(OCc4ccccc4)c3)n2)CC(C)O1. The van der Waals surface area contributed by atoms with Crippen LogP contribution >= 0.6 is 11.3 Å². The molecule has 4 rings (SSSR count). The van der Waals surface area contributed by atoms with Crippen molar-refractivity contribution in [2.24, 2.45) is 0 Å². The Morgan fingerprint density at radius 1 is 1.23 bits per heavy atom. The molecule has 1 aliphatic heterocycles. The number of carbonyl (C=O) groups excluding carboxylic acids is 1. The quantitative estimate of drug-likeness (QED) is 0.601. The molecule has 1 saturated heterocycles. The number of thiazole rings is 1. The molecular formula is C23H26N4O3S.